The van der Waals surface area contributed by atoms with E-state index < -0.39 is 11.9 Å². The van der Waals surface area contributed by atoms with E-state index in [1.807, 2.05) is 26.0 Å². The summed E-state index contributed by atoms with van der Waals surface area (Å²) in [5.41, 5.74) is 1.12. The molecule has 0 fully saturated rings. The molecule has 0 aromatic heterocycles. The number of benzene rings is 2. The zero-order chi connectivity index (χ0) is 21.9. The highest BCUT2D eigenvalue weighted by molar-refractivity contribution is 6.47. The van der Waals surface area contributed by atoms with Crippen LogP contribution in [0.15, 0.2) is 70.9 Å². The molecule has 0 spiro atoms. The summed E-state index contributed by atoms with van der Waals surface area (Å²) >= 11 is 0. The molecule has 2 aromatic rings. The van der Waals surface area contributed by atoms with Gasteiger partial charge in [0.25, 0.3) is 11.7 Å². The lowest BCUT2D eigenvalue weighted by Gasteiger charge is -2.30. The zero-order valence-corrected chi connectivity index (χ0v) is 17.6. The highest BCUT2D eigenvalue weighted by Gasteiger charge is 2.34. The van der Waals surface area contributed by atoms with Crippen LogP contribution in [0.2, 0.25) is 0 Å². The van der Waals surface area contributed by atoms with Crippen molar-refractivity contribution in [3.8, 4) is 0 Å². The number of anilines is 2. The SMILES string of the molecule is CC.CCOC(=O)C1=NN(c2ccccc2)C(C(=O)OCC)=NN1c1ccccc1. The van der Waals surface area contributed by atoms with Gasteiger partial charge in [-0.05, 0) is 38.1 Å². The lowest BCUT2D eigenvalue weighted by atomic mass is 10.3. The molecular formula is C22H26N4O4. The largest absolute Gasteiger partial charge is 0.460 e. The maximum absolute atomic E-state index is 12.6. The molecule has 0 atom stereocenters. The quantitative estimate of drug-likeness (QED) is 0.674. The Hall–Kier alpha value is -3.68. The third-order valence-corrected chi connectivity index (χ3v) is 3.71. The summed E-state index contributed by atoms with van der Waals surface area (Å²) in [7, 11) is 0. The molecule has 8 nitrogen and oxygen atoms in total. The molecule has 3 rings (SSSR count). The van der Waals surface area contributed by atoms with Gasteiger partial charge in [0.05, 0.1) is 24.6 Å². The van der Waals surface area contributed by atoms with Gasteiger partial charge in [0, 0.05) is 0 Å². The van der Waals surface area contributed by atoms with Gasteiger partial charge in [-0.25, -0.2) is 19.6 Å². The number of ether oxygens (including phenoxy) is 2. The molecule has 1 aliphatic heterocycles. The second-order valence-corrected chi connectivity index (χ2v) is 5.58. The normalized spacial score (nSPS) is 12.8. The van der Waals surface area contributed by atoms with Gasteiger partial charge >= 0.3 is 11.9 Å². The van der Waals surface area contributed by atoms with Crippen molar-refractivity contribution in [1.82, 2.24) is 0 Å². The highest BCUT2D eigenvalue weighted by atomic mass is 16.5. The van der Waals surface area contributed by atoms with Gasteiger partial charge in [0.2, 0.25) is 0 Å². The number of para-hydroxylation sites is 2. The first kappa shape index (κ1) is 22.6. The number of carbonyl (C=O) groups is 2. The van der Waals surface area contributed by atoms with Crippen molar-refractivity contribution < 1.29 is 19.1 Å². The fourth-order valence-corrected chi connectivity index (χ4v) is 2.51. The highest BCUT2D eigenvalue weighted by Crippen LogP contribution is 2.24. The summed E-state index contributed by atoms with van der Waals surface area (Å²) < 4.78 is 10.3. The van der Waals surface area contributed by atoms with Crippen LogP contribution in [0.1, 0.15) is 27.7 Å². The van der Waals surface area contributed by atoms with Crippen LogP contribution in [-0.2, 0) is 19.1 Å². The van der Waals surface area contributed by atoms with E-state index in [2.05, 4.69) is 10.2 Å². The third-order valence-electron chi connectivity index (χ3n) is 3.71. The summed E-state index contributed by atoms with van der Waals surface area (Å²) in [6.45, 7) is 7.77. The van der Waals surface area contributed by atoms with Crippen LogP contribution < -0.4 is 10.0 Å². The average molecular weight is 410 g/mol. The van der Waals surface area contributed by atoms with Crippen molar-refractivity contribution in [3.63, 3.8) is 0 Å². The van der Waals surface area contributed by atoms with Crippen LogP contribution in [0.3, 0.4) is 0 Å². The Morgan fingerprint density at radius 1 is 0.700 bits per heavy atom. The fourth-order valence-electron chi connectivity index (χ4n) is 2.51. The number of hydrogen-bond acceptors (Lipinski definition) is 8. The summed E-state index contributed by atoms with van der Waals surface area (Å²) in [5, 5.41) is 11.3. The van der Waals surface area contributed by atoms with Gasteiger partial charge in [-0.1, -0.05) is 50.2 Å². The number of carbonyl (C=O) groups excluding carboxylic acids is 2. The Morgan fingerprint density at radius 3 is 1.33 bits per heavy atom. The first-order valence-corrected chi connectivity index (χ1v) is 9.87. The number of esters is 2. The van der Waals surface area contributed by atoms with Crippen molar-refractivity contribution in [1.29, 1.82) is 0 Å². The maximum Gasteiger partial charge on any atom is 0.378 e. The van der Waals surface area contributed by atoms with Crippen LogP contribution in [0, 0.1) is 0 Å². The van der Waals surface area contributed by atoms with Crippen LogP contribution in [0.5, 0.6) is 0 Å². The molecule has 2 aromatic carbocycles. The Morgan fingerprint density at radius 2 is 1.03 bits per heavy atom. The van der Waals surface area contributed by atoms with E-state index in [-0.39, 0.29) is 24.9 Å². The van der Waals surface area contributed by atoms with Crippen molar-refractivity contribution in [3.05, 3.63) is 60.7 Å². The molecule has 0 bridgehead atoms. The number of rotatable bonds is 6. The predicted molar refractivity (Wildman–Crippen MR) is 117 cm³/mol. The van der Waals surface area contributed by atoms with Crippen molar-refractivity contribution >= 4 is 35.0 Å². The number of hydrogen-bond donors (Lipinski definition) is 0. The Kier molecular flexibility index (Phi) is 8.56. The topological polar surface area (TPSA) is 83.8 Å². The molecule has 1 aliphatic rings. The van der Waals surface area contributed by atoms with E-state index in [1.165, 1.54) is 10.0 Å². The van der Waals surface area contributed by atoms with Crippen LogP contribution >= 0.6 is 0 Å². The van der Waals surface area contributed by atoms with Crippen LogP contribution in [0.4, 0.5) is 11.4 Å². The van der Waals surface area contributed by atoms with Crippen LogP contribution in [0.25, 0.3) is 0 Å². The molecule has 0 N–H and O–H groups in total. The van der Waals surface area contributed by atoms with Crippen molar-refractivity contribution in [2.24, 2.45) is 10.2 Å². The molecule has 0 aliphatic carbocycles. The monoisotopic (exact) mass is 410 g/mol. The summed E-state index contributed by atoms with van der Waals surface area (Å²) in [6.07, 6.45) is 0. The van der Waals surface area contributed by atoms with Gasteiger partial charge in [-0.2, -0.15) is 0 Å². The fraction of sp³-hybridized carbons (Fsp3) is 0.273. The third kappa shape index (κ3) is 5.22. The zero-order valence-electron chi connectivity index (χ0n) is 17.6. The Labute approximate surface area is 176 Å². The van der Waals surface area contributed by atoms with Gasteiger partial charge in [-0.15, -0.1) is 10.2 Å². The number of amidine groups is 2. The molecule has 0 amide bonds. The lowest BCUT2D eigenvalue weighted by molar-refractivity contribution is -0.136. The van der Waals surface area contributed by atoms with Gasteiger partial charge in [0.1, 0.15) is 0 Å². The number of nitrogens with zero attached hydrogens (tertiary/aromatic N) is 4. The molecular weight excluding hydrogens is 384 g/mol. The van der Waals surface area contributed by atoms with Gasteiger partial charge < -0.3 is 9.47 Å². The van der Waals surface area contributed by atoms with Gasteiger partial charge in [0.15, 0.2) is 0 Å². The van der Waals surface area contributed by atoms with E-state index >= 15 is 0 Å². The molecule has 158 valence electrons. The van der Waals surface area contributed by atoms with E-state index in [0.717, 1.165) is 0 Å². The molecule has 1 heterocycles. The molecule has 0 saturated heterocycles. The Bertz CT molecular complexity index is 822. The predicted octanol–water partition coefficient (Wildman–Crippen LogP) is 3.79. The molecule has 30 heavy (non-hydrogen) atoms. The average Bonchev–Trinajstić information content (AvgIpc) is 2.81. The summed E-state index contributed by atoms with van der Waals surface area (Å²) in [5.74, 6) is -1.44. The van der Waals surface area contributed by atoms with E-state index in [9.17, 15) is 9.59 Å². The van der Waals surface area contributed by atoms with Gasteiger partial charge in [-0.3, -0.25) is 0 Å². The van der Waals surface area contributed by atoms with E-state index in [1.54, 1.807) is 62.4 Å². The molecule has 0 saturated carbocycles. The second-order valence-electron chi connectivity index (χ2n) is 5.58. The molecule has 0 unspecified atom stereocenters. The van der Waals surface area contributed by atoms with Crippen molar-refractivity contribution in [2.45, 2.75) is 27.7 Å². The minimum Gasteiger partial charge on any atom is -0.460 e. The van der Waals surface area contributed by atoms with Crippen molar-refractivity contribution in [2.75, 3.05) is 23.2 Å². The minimum absolute atomic E-state index is 0.0649. The van der Waals surface area contributed by atoms with Crippen LogP contribution in [-0.4, -0.2) is 36.8 Å². The first-order valence-electron chi connectivity index (χ1n) is 9.87. The summed E-state index contributed by atoms with van der Waals surface area (Å²) in [4.78, 5) is 25.1. The minimum atomic E-state index is -0.654. The smallest absolute Gasteiger partial charge is 0.378 e. The maximum atomic E-state index is 12.6. The number of hydrazone groups is 2. The first-order chi connectivity index (χ1) is 14.7. The molecule has 0 radical (unpaired) electrons. The Balaban J connectivity index is 0.00000155. The standard InChI is InChI=1S/C20H20N4O4.C2H6/c1-3-27-19(25)17-21-24(16-13-9-6-10-14-16)18(20(26)28-4-2)22-23(17)15-11-7-5-8-12-15;1-2/h5-14H,3-4H2,1-2H3;1-2H3. The second kappa shape index (κ2) is 11.4. The molecule has 8 heteroatoms. The van der Waals surface area contributed by atoms with E-state index in [0.29, 0.717) is 11.4 Å². The lowest BCUT2D eigenvalue weighted by Crippen LogP contribution is -2.47. The van der Waals surface area contributed by atoms with E-state index in [4.69, 9.17) is 9.47 Å². The summed E-state index contributed by atoms with van der Waals surface area (Å²) in [6, 6.07) is 17.8.